The molecule has 0 fully saturated rings. The molecule has 5 heteroatoms. The van der Waals surface area contributed by atoms with Gasteiger partial charge in [-0.25, -0.2) is 0 Å². The summed E-state index contributed by atoms with van der Waals surface area (Å²) in [5, 5.41) is 19.8. The van der Waals surface area contributed by atoms with Crippen LogP contribution in [0.2, 0.25) is 0 Å². The van der Waals surface area contributed by atoms with Crippen LogP contribution in [0.4, 0.5) is 0 Å². The lowest BCUT2D eigenvalue weighted by atomic mass is 10.1. The number of hydrogen-bond donors (Lipinski definition) is 1. The van der Waals surface area contributed by atoms with Crippen LogP contribution < -0.4 is 4.74 Å². The summed E-state index contributed by atoms with van der Waals surface area (Å²) in [6, 6.07) is 18.4. The predicted octanol–water partition coefficient (Wildman–Crippen LogP) is 2.94. The SMILES string of the molecule is COc1cnnnc1-c1ccccc1.Oc1ccccc1. The lowest BCUT2D eigenvalue weighted by Crippen LogP contribution is -1.95. The lowest BCUT2D eigenvalue weighted by molar-refractivity contribution is 0.410. The summed E-state index contributed by atoms with van der Waals surface area (Å²) in [6.07, 6.45) is 1.55. The van der Waals surface area contributed by atoms with E-state index in [4.69, 9.17) is 9.84 Å². The van der Waals surface area contributed by atoms with Gasteiger partial charge < -0.3 is 9.84 Å². The van der Waals surface area contributed by atoms with E-state index in [0.717, 1.165) is 5.56 Å². The second-order valence-corrected chi connectivity index (χ2v) is 4.05. The van der Waals surface area contributed by atoms with Crippen LogP contribution in [0, 0.1) is 0 Å². The molecule has 0 unspecified atom stereocenters. The number of phenols is 1. The second-order valence-electron chi connectivity index (χ2n) is 4.05. The third-order valence-corrected chi connectivity index (χ3v) is 2.63. The first-order valence-corrected chi connectivity index (χ1v) is 6.33. The highest BCUT2D eigenvalue weighted by molar-refractivity contribution is 5.64. The first-order valence-electron chi connectivity index (χ1n) is 6.33. The molecule has 0 radical (unpaired) electrons. The molecule has 3 aromatic rings. The van der Waals surface area contributed by atoms with Crippen LogP contribution in [0.15, 0.2) is 66.9 Å². The van der Waals surface area contributed by atoms with E-state index in [-0.39, 0.29) is 0 Å². The molecule has 0 aliphatic heterocycles. The topological polar surface area (TPSA) is 68.1 Å². The smallest absolute Gasteiger partial charge is 0.167 e. The standard InChI is InChI=1S/C10H9N3O.C6H6O/c1-14-9-7-11-13-12-10(9)8-5-3-2-4-6-8;7-6-4-2-1-3-5-6/h2-7H,1H3;1-5,7H. The highest BCUT2D eigenvalue weighted by atomic mass is 16.5. The van der Waals surface area contributed by atoms with Crippen molar-refractivity contribution < 1.29 is 9.84 Å². The van der Waals surface area contributed by atoms with Crippen molar-refractivity contribution in [2.75, 3.05) is 7.11 Å². The number of rotatable bonds is 2. The molecule has 1 N–H and O–H groups in total. The van der Waals surface area contributed by atoms with Crippen LogP contribution in [0.5, 0.6) is 11.5 Å². The fraction of sp³-hybridized carbons (Fsp3) is 0.0625. The molecule has 5 nitrogen and oxygen atoms in total. The van der Waals surface area contributed by atoms with Crippen molar-refractivity contribution in [2.24, 2.45) is 0 Å². The Kier molecular flexibility index (Phi) is 5.23. The van der Waals surface area contributed by atoms with Crippen LogP contribution >= 0.6 is 0 Å². The molecule has 0 saturated heterocycles. The summed E-state index contributed by atoms with van der Waals surface area (Å²) >= 11 is 0. The third-order valence-electron chi connectivity index (χ3n) is 2.63. The Morgan fingerprint density at radius 3 is 2.05 bits per heavy atom. The van der Waals surface area contributed by atoms with Crippen LogP contribution in [0.25, 0.3) is 11.3 Å². The van der Waals surface area contributed by atoms with E-state index in [9.17, 15) is 0 Å². The molecular formula is C16H15N3O2. The number of para-hydroxylation sites is 1. The monoisotopic (exact) mass is 281 g/mol. The van der Waals surface area contributed by atoms with E-state index < -0.39 is 0 Å². The van der Waals surface area contributed by atoms with E-state index in [1.807, 2.05) is 36.4 Å². The number of aromatic nitrogens is 3. The van der Waals surface area contributed by atoms with Crippen molar-refractivity contribution >= 4 is 0 Å². The van der Waals surface area contributed by atoms with Gasteiger partial charge in [-0.3, -0.25) is 0 Å². The van der Waals surface area contributed by atoms with E-state index >= 15 is 0 Å². The molecule has 1 aromatic heterocycles. The summed E-state index contributed by atoms with van der Waals surface area (Å²) in [5.74, 6) is 0.953. The minimum atomic E-state index is 0.322. The van der Waals surface area contributed by atoms with Crippen molar-refractivity contribution in [3.63, 3.8) is 0 Å². The average Bonchev–Trinajstić information content (AvgIpc) is 2.57. The van der Waals surface area contributed by atoms with Gasteiger partial charge in [-0.1, -0.05) is 48.5 Å². The van der Waals surface area contributed by atoms with E-state index in [2.05, 4.69) is 15.4 Å². The van der Waals surface area contributed by atoms with Crippen LogP contribution in [-0.4, -0.2) is 27.6 Å². The highest BCUT2D eigenvalue weighted by Gasteiger charge is 2.06. The van der Waals surface area contributed by atoms with Crippen molar-refractivity contribution in [1.29, 1.82) is 0 Å². The second kappa shape index (κ2) is 7.59. The van der Waals surface area contributed by atoms with Gasteiger partial charge in [0, 0.05) is 5.56 Å². The van der Waals surface area contributed by atoms with Crippen LogP contribution in [-0.2, 0) is 0 Å². The maximum Gasteiger partial charge on any atom is 0.167 e. The maximum atomic E-state index is 8.63. The molecule has 0 atom stereocenters. The van der Waals surface area contributed by atoms with E-state index in [0.29, 0.717) is 17.2 Å². The van der Waals surface area contributed by atoms with Crippen LogP contribution in [0.3, 0.4) is 0 Å². The zero-order valence-corrected chi connectivity index (χ0v) is 11.5. The number of aromatic hydroxyl groups is 1. The Balaban J connectivity index is 0.000000194. The fourth-order valence-electron chi connectivity index (χ4n) is 1.63. The molecule has 1 heterocycles. The molecule has 106 valence electrons. The van der Waals surface area contributed by atoms with Crippen molar-refractivity contribution in [3.05, 3.63) is 66.9 Å². The van der Waals surface area contributed by atoms with E-state index in [1.165, 1.54) is 0 Å². The Labute approximate surface area is 122 Å². The van der Waals surface area contributed by atoms with Gasteiger partial charge in [0.25, 0.3) is 0 Å². The van der Waals surface area contributed by atoms with Gasteiger partial charge in [0.05, 0.1) is 13.3 Å². The first-order chi connectivity index (χ1) is 10.3. The third kappa shape index (κ3) is 4.28. The Morgan fingerprint density at radius 1 is 0.905 bits per heavy atom. The predicted molar refractivity (Wildman–Crippen MR) is 79.9 cm³/mol. The molecular weight excluding hydrogens is 266 g/mol. The van der Waals surface area contributed by atoms with E-state index in [1.54, 1.807) is 37.6 Å². The zero-order valence-electron chi connectivity index (χ0n) is 11.5. The van der Waals surface area contributed by atoms with Gasteiger partial charge in [0.1, 0.15) is 11.4 Å². The zero-order chi connectivity index (χ0) is 14.9. The summed E-state index contributed by atoms with van der Waals surface area (Å²) < 4.78 is 5.13. The molecule has 0 spiro atoms. The molecule has 0 bridgehead atoms. The highest BCUT2D eigenvalue weighted by Crippen LogP contribution is 2.24. The van der Waals surface area contributed by atoms with Crippen LogP contribution in [0.1, 0.15) is 0 Å². The van der Waals surface area contributed by atoms with Gasteiger partial charge in [-0.2, -0.15) is 0 Å². The van der Waals surface area contributed by atoms with Gasteiger partial charge >= 0.3 is 0 Å². The molecule has 2 aromatic carbocycles. The molecule has 0 saturated carbocycles. The molecule has 21 heavy (non-hydrogen) atoms. The number of ether oxygens (including phenoxy) is 1. The Morgan fingerprint density at radius 2 is 1.52 bits per heavy atom. The minimum Gasteiger partial charge on any atom is -0.508 e. The minimum absolute atomic E-state index is 0.322. The number of methoxy groups -OCH3 is 1. The molecule has 0 aliphatic rings. The van der Waals surface area contributed by atoms with Crippen molar-refractivity contribution in [1.82, 2.24) is 15.4 Å². The summed E-state index contributed by atoms with van der Waals surface area (Å²) in [6.45, 7) is 0. The number of nitrogens with zero attached hydrogens (tertiary/aromatic N) is 3. The average molecular weight is 281 g/mol. The quantitative estimate of drug-likeness (QED) is 0.782. The number of benzene rings is 2. The normalized spacial score (nSPS) is 9.38. The van der Waals surface area contributed by atoms with Gasteiger partial charge in [-0.15, -0.1) is 10.2 Å². The van der Waals surface area contributed by atoms with Gasteiger partial charge in [-0.05, 0) is 17.3 Å². The number of phenolic OH excluding ortho intramolecular Hbond substituents is 1. The van der Waals surface area contributed by atoms with Crippen molar-refractivity contribution in [2.45, 2.75) is 0 Å². The fourth-order valence-corrected chi connectivity index (χ4v) is 1.63. The molecule has 3 rings (SSSR count). The summed E-state index contributed by atoms with van der Waals surface area (Å²) in [5.41, 5.74) is 1.68. The summed E-state index contributed by atoms with van der Waals surface area (Å²) in [4.78, 5) is 0. The lowest BCUT2D eigenvalue weighted by Gasteiger charge is -2.04. The molecule has 0 amide bonds. The van der Waals surface area contributed by atoms with Gasteiger partial charge in [0.15, 0.2) is 5.75 Å². The Hall–Kier alpha value is -2.95. The largest absolute Gasteiger partial charge is 0.508 e. The number of hydrogen-bond acceptors (Lipinski definition) is 5. The Bertz CT molecular complexity index is 661. The van der Waals surface area contributed by atoms with Crippen molar-refractivity contribution in [3.8, 4) is 22.8 Å². The maximum absolute atomic E-state index is 8.63. The van der Waals surface area contributed by atoms with Gasteiger partial charge in [0.2, 0.25) is 0 Å². The molecule has 0 aliphatic carbocycles. The first kappa shape index (κ1) is 14.5. The summed E-state index contributed by atoms with van der Waals surface area (Å²) in [7, 11) is 1.59.